The molecule has 1 amide bonds. The Balaban J connectivity index is 1.23. The summed E-state index contributed by atoms with van der Waals surface area (Å²) in [4.78, 5) is 12.6. The van der Waals surface area contributed by atoms with E-state index in [0.717, 1.165) is 29.5 Å². The van der Waals surface area contributed by atoms with Gasteiger partial charge in [0.15, 0.2) is 0 Å². The molecule has 2 aliphatic rings. The smallest absolute Gasteiger partial charge is 0.460 e. The van der Waals surface area contributed by atoms with Crippen LogP contribution in [-0.4, -0.2) is 39.5 Å². The lowest BCUT2D eigenvalue weighted by atomic mass is 9.78. The van der Waals surface area contributed by atoms with Gasteiger partial charge in [0, 0.05) is 29.9 Å². The number of fused-ring (bicyclic) bond motifs is 1. The van der Waals surface area contributed by atoms with E-state index in [9.17, 15) is 17.9 Å². The zero-order valence-electron chi connectivity index (χ0n) is 26.3. The molecule has 1 saturated carbocycles. The second kappa shape index (κ2) is 12.2. The minimum atomic E-state index is -2.36. The number of aryl methyl sites for hydroxylation is 1. The van der Waals surface area contributed by atoms with E-state index in [0.29, 0.717) is 40.7 Å². The summed E-state index contributed by atoms with van der Waals surface area (Å²) in [6.45, 7) is 7.87. The lowest BCUT2D eigenvalue weighted by Gasteiger charge is -2.32. The zero-order chi connectivity index (χ0) is 33.0. The summed E-state index contributed by atoms with van der Waals surface area (Å²) in [6, 6.07) is 14.4. The number of rotatable bonds is 11. The number of hydrogen-bond donors (Lipinski definition) is 2. The summed E-state index contributed by atoms with van der Waals surface area (Å²) in [6.07, 6.45) is 2.96. The van der Waals surface area contributed by atoms with Crippen molar-refractivity contribution in [2.45, 2.75) is 76.9 Å². The van der Waals surface area contributed by atoms with E-state index < -0.39 is 41.3 Å². The molecule has 3 aromatic carbocycles. The van der Waals surface area contributed by atoms with Crippen LogP contribution in [0.4, 0.5) is 14.5 Å². The van der Waals surface area contributed by atoms with Gasteiger partial charge in [0.25, 0.3) is 17.2 Å². The highest BCUT2D eigenvalue weighted by molar-refractivity contribution is 7.80. The van der Waals surface area contributed by atoms with Gasteiger partial charge in [0.2, 0.25) is 0 Å². The highest BCUT2D eigenvalue weighted by Crippen LogP contribution is 2.47. The number of amides is 1. The standard InChI is InChI=1S/C34H37BF2N2O6S/c1-33(2)34(3,4)45-35(44-33)26-14-9-20(16-27(26)37)6-5-15-39(46(41)42)28-19-29-25(18-24(28)22-10-11-22)31(32(38)40)30(43-29)17-21-7-12-23(36)13-8-21/h7-9,12-14,16,18-19,22H,5-6,10-11,15,17H2,1-4H3,(H2,38,40)(H,41,42). The summed E-state index contributed by atoms with van der Waals surface area (Å²) in [5.41, 5.74) is 8.41. The monoisotopic (exact) mass is 650 g/mol. The van der Waals surface area contributed by atoms with Crippen molar-refractivity contribution in [1.82, 2.24) is 0 Å². The molecular formula is C34H37BF2N2O6S. The number of nitrogens with zero attached hydrogens (tertiary/aromatic N) is 1. The molecule has 4 aromatic rings. The van der Waals surface area contributed by atoms with Crippen molar-refractivity contribution in [2.75, 3.05) is 10.8 Å². The first kappa shape index (κ1) is 32.4. The number of carbonyl (C=O) groups excluding carboxylic acids is 1. The van der Waals surface area contributed by atoms with Gasteiger partial charge in [0.05, 0.1) is 22.5 Å². The Morgan fingerprint density at radius 3 is 2.26 bits per heavy atom. The highest BCUT2D eigenvalue weighted by Gasteiger charge is 2.52. The fourth-order valence-corrected chi connectivity index (χ4v) is 6.53. The molecule has 1 aliphatic heterocycles. The Morgan fingerprint density at radius 2 is 1.67 bits per heavy atom. The number of hydrogen-bond acceptors (Lipinski definition) is 5. The van der Waals surface area contributed by atoms with Gasteiger partial charge >= 0.3 is 7.12 Å². The Labute approximate surface area is 269 Å². The van der Waals surface area contributed by atoms with Gasteiger partial charge in [-0.05, 0) is 100 Å². The minimum absolute atomic E-state index is 0.165. The summed E-state index contributed by atoms with van der Waals surface area (Å²) in [5.74, 6) is -0.943. The van der Waals surface area contributed by atoms with Gasteiger partial charge < -0.3 is 19.5 Å². The van der Waals surface area contributed by atoms with Crippen molar-refractivity contribution in [2.24, 2.45) is 5.73 Å². The Hall–Kier alpha value is -3.58. The van der Waals surface area contributed by atoms with Crippen LogP contribution in [0.5, 0.6) is 0 Å². The van der Waals surface area contributed by atoms with Crippen molar-refractivity contribution in [1.29, 1.82) is 0 Å². The van der Waals surface area contributed by atoms with Crippen molar-refractivity contribution in [3.8, 4) is 0 Å². The fourth-order valence-electron chi connectivity index (χ4n) is 5.92. The van der Waals surface area contributed by atoms with Crippen LogP contribution in [0.1, 0.15) is 85.7 Å². The van der Waals surface area contributed by atoms with E-state index in [1.165, 1.54) is 22.5 Å². The number of carbonyl (C=O) groups is 1. The summed E-state index contributed by atoms with van der Waals surface area (Å²) in [5, 5.41) is 0.538. The number of halogens is 2. The number of anilines is 1. The lowest BCUT2D eigenvalue weighted by Crippen LogP contribution is -2.41. The molecule has 242 valence electrons. The highest BCUT2D eigenvalue weighted by atomic mass is 32.2. The van der Waals surface area contributed by atoms with Crippen LogP contribution >= 0.6 is 0 Å². The molecule has 1 saturated heterocycles. The fraction of sp³-hybridized carbons (Fsp3) is 0.382. The lowest BCUT2D eigenvalue weighted by molar-refractivity contribution is 0.00578. The van der Waals surface area contributed by atoms with Crippen LogP contribution in [-0.2, 0) is 33.4 Å². The minimum Gasteiger partial charge on any atom is -0.460 e. The first-order chi connectivity index (χ1) is 21.7. The predicted octanol–water partition coefficient (Wildman–Crippen LogP) is 6.15. The predicted molar refractivity (Wildman–Crippen MR) is 174 cm³/mol. The molecule has 1 atom stereocenters. The number of nitrogens with two attached hydrogens (primary N) is 1. The third-order valence-electron chi connectivity index (χ3n) is 9.31. The Bertz CT molecular complexity index is 1810. The van der Waals surface area contributed by atoms with Crippen LogP contribution in [0, 0.1) is 11.6 Å². The van der Waals surface area contributed by atoms with Gasteiger partial charge in [-0.25, -0.2) is 13.0 Å². The molecule has 2 fully saturated rings. The van der Waals surface area contributed by atoms with Gasteiger partial charge in [-0.3, -0.25) is 13.7 Å². The first-order valence-corrected chi connectivity index (χ1v) is 16.5. The molecule has 8 nitrogen and oxygen atoms in total. The number of benzene rings is 3. The second-order valence-electron chi connectivity index (χ2n) is 13.1. The second-order valence-corrected chi connectivity index (χ2v) is 14.0. The van der Waals surface area contributed by atoms with Gasteiger partial charge in [-0.15, -0.1) is 0 Å². The van der Waals surface area contributed by atoms with Crippen molar-refractivity contribution in [3.05, 3.63) is 94.2 Å². The average molecular weight is 651 g/mol. The topological polar surface area (TPSA) is 115 Å². The van der Waals surface area contributed by atoms with Crippen molar-refractivity contribution in [3.63, 3.8) is 0 Å². The van der Waals surface area contributed by atoms with Crippen LogP contribution in [0.15, 0.2) is 59.0 Å². The maximum absolute atomic E-state index is 15.2. The van der Waals surface area contributed by atoms with Gasteiger partial charge in [-0.2, -0.15) is 0 Å². The van der Waals surface area contributed by atoms with Crippen LogP contribution in [0.3, 0.4) is 0 Å². The van der Waals surface area contributed by atoms with Crippen LogP contribution < -0.4 is 15.5 Å². The van der Waals surface area contributed by atoms with E-state index in [-0.39, 0.29) is 30.3 Å². The molecule has 0 bridgehead atoms. The molecule has 46 heavy (non-hydrogen) atoms. The molecule has 12 heteroatoms. The molecule has 1 aromatic heterocycles. The molecule has 3 N–H and O–H groups in total. The quantitative estimate of drug-likeness (QED) is 0.149. The maximum atomic E-state index is 15.2. The summed E-state index contributed by atoms with van der Waals surface area (Å²) < 4.78 is 71.3. The largest absolute Gasteiger partial charge is 0.497 e. The molecule has 0 spiro atoms. The molecule has 2 heterocycles. The zero-order valence-corrected chi connectivity index (χ0v) is 27.1. The number of furan rings is 1. The van der Waals surface area contributed by atoms with Gasteiger partial charge in [-0.1, -0.05) is 24.3 Å². The van der Waals surface area contributed by atoms with E-state index in [4.69, 9.17) is 19.5 Å². The molecular weight excluding hydrogens is 613 g/mol. The Kier molecular flexibility index (Phi) is 8.60. The van der Waals surface area contributed by atoms with E-state index in [2.05, 4.69) is 0 Å². The molecule has 0 radical (unpaired) electrons. The molecule has 1 unspecified atom stereocenters. The first-order valence-electron chi connectivity index (χ1n) is 15.4. The average Bonchev–Trinajstić information content (AvgIpc) is 3.71. The van der Waals surface area contributed by atoms with Crippen molar-refractivity contribution >= 4 is 46.4 Å². The van der Waals surface area contributed by atoms with Gasteiger partial charge in [0.1, 0.15) is 23.0 Å². The van der Waals surface area contributed by atoms with E-state index >= 15 is 4.39 Å². The Morgan fingerprint density at radius 1 is 1.02 bits per heavy atom. The molecule has 1 aliphatic carbocycles. The summed E-state index contributed by atoms with van der Waals surface area (Å²) in [7, 11) is -0.810. The van der Waals surface area contributed by atoms with E-state index in [1.807, 2.05) is 39.8 Å². The maximum Gasteiger partial charge on any atom is 0.497 e. The third-order valence-corrected chi connectivity index (χ3v) is 10.1. The number of primary amides is 1. The van der Waals surface area contributed by atoms with Crippen molar-refractivity contribution < 1.29 is 36.1 Å². The normalized spacial score (nSPS) is 17.8. The summed E-state index contributed by atoms with van der Waals surface area (Å²) >= 11 is -2.36. The van der Waals surface area contributed by atoms with Crippen LogP contribution in [0.25, 0.3) is 11.0 Å². The molecule has 6 rings (SSSR count). The third kappa shape index (κ3) is 6.36. The van der Waals surface area contributed by atoms with Crippen LogP contribution in [0.2, 0.25) is 0 Å². The SMILES string of the molecule is CC1(C)OB(c2ccc(CCCN(c3cc4oc(Cc5ccc(F)cc5)c(C(N)=O)c4cc3C3CC3)S(=O)O)cc2F)OC1(C)C. The van der Waals surface area contributed by atoms with E-state index in [1.54, 1.807) is 24.3 Å².